The van der Waals surface area contributed by atoms with E-state index in [9.17, 15) is 4.39 Å². The first-order valence-corrected chi connectivity index (χ1v) is 8.61. The lowest BCUT2D eigenvalue weighted by Crippen LogP contribution is -2.11. The van der Waals surface area contributed by atoms with Gasteiger partial charge in [-0.05, 0) is 54.4 Å². The zero-order valence-corrected chi connectivity index (χ0v) is 14.0. The van der Waals surface area contributed by atoms with Gasteiger partial charge in [-0.15, -0.1) is 0 Å². The molecule has 0 aromatic heterocycles. The smallest absolute Gasteiger partial charge is 0.144 e. The molecule has 2 unspecified atom stereocenters. The lowest BCUT2D eigenvalue weighted by atomic mass is 9.90. The molecule has 2 atom stereocenters. The third-order valence-corrected chi connectivity index (χ3v) is 5.83. The second-order valence-corrected chi connectivity index (χ2v) is 7.06. The van der Waals surface area contributed by atoms with Crippen LogP contribution in [0, 0.1) is 11.7 Å². The van der Waals surface area contributed by atoms with Crippen LogP contribution >= 0.6 is 27.5 Å². The minimum absolute atomic E-state index is 0.215. The summed E-state index contributed by atoms with van der Waals surface area (Å²) in [5, 5.41) is 0.215. The van der Waals surface area contributed by atoms with Crippen molar-refractivity contribution in [2.75, 3.05) is 0 Å². The summed E-state index contributed by atoms with van der Waals surface area (Å²) in [5.41, 5.74) is 3.48. The molecule has 0 radical (unpaired) electrons. The molecule has 0 heterocycles. The van der Waals surface area contributed by atoms with Crippen molar-refractivity contribution in [2.45, 2.75) is 30.5 Å². The molecule has 110 valence electrons. The van der Waals surface area contributed by atoms with Gasteiger partial charge < -0.3 is 0 Å². The van der Waals surface area contributed by atoms with E-state index < -0.39 is 0 Å². The number of rotatable bonds is 2. The Balaban J connectivity index is 1.88. The minimum atomic E-state index is -0.267. The maximum absolute atomic E-state index is 14.1. The molecule has 0 amide bonds. The van der Waals surface area contributed by atoms with Gasteiger partial charge >= 0.3 is 0 Å². The van der Waals surface area contributed by atoms with E-state index in [4.69, 9.17) is 11.6 Å². The van der Waals surface area contributed by atoms with Gasteiger partial charge in [0, 0.05) is 4.83 Å². The Morgan fingerprint density at radius 1 is 1.14 bits per heavy atom. The molecule has 0 spiro atoms. The first-order chi connectivity index (χ1) is 10.2. The lowest BCUT2D eigenvalue weighted by Gasteiger charge is -2.22. The molecule has 1 aliphatic carbocycles. The topological polar surface area (TPSA) is 0 Å². The number of alkyl halides is 1. The molecule has 0 saturated carbocycles. The second-order valence-electron chi connectivity index (χ2n) is 5.67. The molecule has 0 N–H and O–H groups in total. The summed E-state index contributed by atoms with van der Waals surface area (Å²) in [6.07, 6.45) is 4.06. The number of benzene rings is 2. The van der Waals surface area contributed by atoms with Gasteiger partial charge in [-0.3, -0.25) is 0 Å². The van der Waals surface area contributed by atoms with E-state index in [1.165, 1.54) is 11.1 Å². The quantitative estimate of drug-likeness (QED) is 0.444. The third kappa shape index (κ3) is 3.17. The van der Waals surface area contributed by atoms with Crippen LogP contribution in [0.15, 0.2) is 42.5 Å². The standard InChI is InChI=1S/C18H17BrClF/c19-17-13(11-14-8-4-10-16(20)18(14)21)7-3-6-12-5-1-2-9-15(12)17/h1-2,4-5,8-10,13,17H,3,6-7,11H2. The lowest BCUT2D eigenvalue weighted by molar-refractivity contribution is 0.463. The van der Waals surface area contributed by atoms with Crippen LogP contribution in [0.25, 0.3) is 0 Å². The van der Waals surface area contributed by atoms with Gasteiger partial charge in [0.25, 0.3) is 0 Å². The molecule has 0 bridgehead atoms. The van der Waals surface area contributed by atoms with E-state index in [-0.39, 0.29) is 15.7 Å². The van der Waals surface area contributed by atoms with Gasteiger partial charge in [-0.2, -0.15) is 0 Å². The number of hydrogen-bond acceptors (Lipinski definition) is 0. The van der Waals surface area contributed by atoms with E-state index in [1.807, 2.05) is 12.1 Å². The van der Waals surface area contributed by atoms with Crippen LogP contribution in [0.4, 0.5) is 4.39 Å². The zero-order valence-electron chi connectivity index (χ0n) is 11.7. The maximum atomic E-state index is 14.1. The fourth-order valence-electron chi connectivity index (χ4n) is 3.18. The van der Waals surface area contributed by atoms with Gasteiger partial charge in [0.1, 0.15) is 5.82 Å². The summed E-state index contributed by atoms with van der Waals surface area (Å²) in [4.78, 5) is 0.273. The first-order valence-electron chi connectivity index (χ1n) is 7.31. The average Bonchev–Trinajstić information content (AvgIpc) is 2.65. The van der Waals surface area contributed by atoms with E-state index >= 15 is 0 Å². The maximum Gasteiger partial charge on any atom is 0.144 e. The number of fused-ring (bicyclic) bond motifs is 1. The van der Waals surface area contributed by atoms with Crippen molar-refractivity contribution in [3.8, 4) is 0 Å². The number of hydrogen-bond donors (Lipinski definition) is 0. The Labute approximate surface area is 138 Å². The molecule has 3 rings (SSSR count). The van der Waals surface area contributed by atoms with Gasteiger partial charge in [0.05, 0.1) is 5.02 Å². The van der Waals surface area contributed by atoms with Crippen molar-refractivity contribution in [1.29, 1.82) is 0 Å². The first kappa shape index (κ1) is 15.1. The predicted octanol–water partition coefficient (Wildman–Crippen LogP) is 6.11. The Bertz CT molecular complexity index is 641. The van der Waals surface area contributed by atoms with Crippen molar-refractivity contribution < 1.29 is 4.39 Å². The molecule has 1 aliphatic rings. The Hall–Kier alpha value is -0.860. The number of halogens is 3. The summed E-state index contributed by atoms with van der Waals surface area (Å²) in [7, 11) is 0. The van der Waals surface area contributed by atoms with E-state index in [1.54, 1.807) is 6.07 Å². The Morgan fingerprint density at radius 2 is 1.95 bits per heavy atom. The summed E-state index contributed by atoms with van der Waals surface area (Å²) in [5.74, 6) is 0.123. The monoisotopic (exact) mass is 366 g/mol. The summed E-state index contributed by atoms with van der Waals surface area (Å²) in [6, 6.07) is 13.8. The molecule has 0 fully saturated rings. The van der Waals surface area contributed by atoms with Gasteiger partial charge in [0.15, 0.2) is 0 Å². The highest BCUT2D eigenvalue weighted by Gasteiger charge is 2.26. The van der Waals surface area contributed by atoms with Crippen LogP contribution in [-0.2, 0) is 12.8 Å². The van der Waals surface area contributed by atoms with Gasteiger partial charge in [-0.25, -0.2) is 4.39 Å². The average molecular weight is 368 g/mol. The van der Waals surface area contributed by atoms with E-state index in [0.29, 0.717) is 5.92 Å². The Kier molecular flexibility index (Phi) is 4.66. The van der Waals surface area contributed by atoms with Gasteiger partial charge in [0.2, 0.25) is 0 Å². The highest BCUT2D eigenvalue weighted by atomic mass is 79.9. The van der Waals surface area contributed by atoms with E-state index in [0.717, 1.165) is 31.2 Å². The molecule has 21 heavy (non-hydrogen) atoms. The predicted molar refractivity (Wildman–Crippen MR) is 89.7 cm³/mol. The highest BCUT2D eigenvalue weighted by Crippen LogP contribution is 2.41. The Morgan fingerprint density at radius 3 is 2.81 bits per heavy atom. The SMILES string of the molecule is Fc1c(Cl)cccc1CC1CCCc2ccccc2C1Br. The largest absolute Gasteiger partial charge is 0.205 e. The molecular weight excluding hydrogens is 351 g/mol. The van der Waals surface area contributed by atoms with Crippen LogP contribution in [0.5, 0.6) is 0 Å². The fraction of sp³-hybridized carbons (Fsp3) is 0.333. The van der Waals surface area contributed by atoms with Crippen LogP contribution in [0.2, 0.25) is 5.02 Å². The van der Waals surface area contributed by atoms with Crippen LogP contribution < -0.4 is 0 Å². The number of aryl methyl sites for hydroxylation is 1. The summed E-state index contributed by atoms with van der Waals surface area (Å²) < 4.78 is 14.1. The third-order valence-electron chi connectivity index (χ3n) is 4.30. The minimum Gasteiger partial charge on any atom is -0.205 e. The summed E-state index contributed by atoms with van der Waals surface area (Å²) in [6.45, 7) is 0. The fourth-order valence-corrected chi connectivity index (χ4v) is 4.27. The van der Waals surface area contributed by atoms with Crippen LogP contribution in [0.1, 0.15) is 34.4 Å². The van der Waals surface area contributed by atoms with Crippen molar-refractivity contribution in [3.05, 3.63) is 70.0 Å². The molecular formula is C18H17BrClF. The second kappa shape index (κ2) is 6.50. The van der Waals surface area contributed by atoms with Crippen molar-refractivity contribution >= 4 is 27.5 Å². The molecule has 2 aromatic rings. The van der Waals surface area contributed by atoms with Crippen molar-refractivity contribution in [2.24, 2.45) is 5.92 Å². The molecule has 2 aromatic carbocycles. The molecule has 0 nitrogen and oxygen atoms in total. The van der Waals surface area contributed by atoms with Crippen molar-refractivity contribution in [1.82, 2.24) is 0 Å². The molecule has 0 saturated heterocycles. The van der Waals surface area contributed by atoms with Crippen molar-refractivity contribution in [3.63, 3.8) is 0 Å². The van der Waals surface area contributed by atoms with E-state index in [2.05, 4.69) is 40.2 Å². The van der Waals surface area contributed by atoms with Gasteiger partial charge in [-0.1, -0.05) is 63.9 Å². The molecule has 3 heteroatoms. The summed E-state index contributed by atoms with van der Waals surface area (Å²) >= 11 is 9.74. The van der Waals surface area contributed by atoms with Crippen LogP contribution in [0.3, 0.4) is 0 Å². The zero-order chi connectivity index (χ0) is 14.8. The highest BCUT2D eigenvalue weighted by molar-refractivity contribution is 9.09. The van der Waals surface area contributed by atoms with Crippen LogP contribution in [-0.4, -0.2) is 0 Å². The normalized spacial score (nSPS) is 21.7. The molecule has 0 aliphatic heterocycles.